The zero-order valence-corrected chi connectivity index (χ0v) is 19.9. The van der Waals surface area contributed by atoms with Crippen LogP contribution in [0.15, 0.2) is 48.7 Å². The van der Waals surface area contributed by atoms with Crippen molar-refractivity contribution in [3.05, 3.63) is 54.2 Å². The lowest BCUT2D eigenvalue weighted by Gasteiger charge is -2.26. The normalized spacial score (nSPS) is 18.4. The summed E-state index contributed by atoms with van der Waals surface area (Å²) >= 11 is 0. The van der Waals surface area contributed by atoms with Crippen LogP contribution in [-0.4, -0.2) is 54.6 Å². The second-order valence-corrected chi connectivity index (χ2v) is 9.44. The van der Waals surface area contributed by atoms with Gasteiger partial charge in [-0.15, -0.1) is 0 Å². The molecular weight excluding hydrogens is 412 g/mol. The van der Waals surface area contributed by atoms with E-state index in [1.165, 1.54) is 25.7 Å². The lowest BCUT2D eigenvalue weighted by Crippen LogP contribution is -2.31. The van der Waals surface area contributed by atoms with Crippen LogP contribution in [0.4, 0.5) is 0 Å². The number of para-hydroxylation sites is 1. The highest BCUT2D eigenvalue weighted by molar-refractivity contribution is 6.07. The molecule has 0 saturated heterocycles. The highest BCUT2D eigenvalue weighted by Gasteiger charge is 2.20. The molecule has 2 aromatic heterocycles. The van der Waals surface area contributed by atoms with Crippen molar-refractivity contribution in [1.29, 1.82) is 0 Å². The van der Waals surface area contributed by atoms with E-state index in [-0.39, 0.29) is 5.91 Å². The number of aromatic nitrogens is 2. The minimum atomic E-state index is -0.0370. The van der Waals surface area contributed by atoms with Crippen molar-refractivity contribution in [2.75, 3.05) is 33.8 Å². The molecule has 1 aromatic carbocycles. The molecule has 1 aliphatic carbocycles. The molecule has 1 fully saturated rings. The van der Waals surface area contributed by atoms with Crippen molar-refractivity contribution in [1.82, 2.24) is 20.2 Å². The van der Waals surface area contributed by atoms with E-state index >= 15 is 0 Å². The third-order valence-electron chi connectivity index (χ3n) is 6.47. The second-order valence-electron chi connectivity index (χ2n) is 9.44. The Morgan fingerprint density at radius 3 is 2.64 bits per heavy atom. The molecule has 4 rings (SSSR count). The van der Waals surface area contributed by atoms with Crippen LogP contribution in [0, 0.1) is 11.8 Å². The predicted molar refractivity (Wildman–Crippen MR) is 132 cm³/mol. The summed E-state index contributed by atoms with van der Waals surface area (Å²) in [7, 11) is 4.02. The number of nitrogens with one attached hydrogen (secondary N) is 1. The first-order chi connectivity index (χ1) is 16.0. The van der Waals surface area contributed by atoms with Crippen LogP contribution in [0.5, 0.6) is 5.88 Å². The van der Waals surface area contributed by atoms with Crippen LogP contribution in [0.3, 0.4) is 0 Å². The van der Waals surface area contributed by atoms with Crippen molar-refractivity contribution in [3.8, 4) is 17.1 Å². The van der Waals surface area contributed by atoms with E-state index in [1.807, 2.05) is 56.6 Å². The lowest BCUT2D eigenvalue weighted by molar-refractivity contribution is 0.0943. The summed E-state index contributed by atoms with van der Waals surface area (Å²) in [6.07, 6.45) is 6.65. The molecule has 0 atom stereocenters. The molecule has 0 bridgehead atoms. The van der Waals surface area contributed by atoms with Crippen molar-refractivity contribution in [2.24, 2.45) is 11.8 Å². The number of rotatable bonds is 8. The summed E-state index contributed by atoms with van der Waals surface area (Å²) in [6, 6.07) is 13.5. The number of carbonyl (C=O) groups is 1. The predicted octanol–water partition coefficient (Wildman–Crippen LogP) is 4.79. The van der Waals surface area contributed by atoms with E-state index in [0.717, 1.165) is 41.2 Å². The van der Waals surface area contributed by atoms with Gasteiger partial charge in [0, 0.05) is 36.3 Å². The number of fused-ring (bicyclic) bond motifs is 1. The van der Waals surface area contributed by atoms with Gasteiger partial charge in [-0.25, -0.2) is 9.97 Å². The third-order valence-corrected chi connectivity index (χ3v) is 6.47. The molecule has 1 N–H and O–H groups in total. The standard InChI is InChI=1S/C27H34N4O2/c1-19-8-10-20(11-9-19)17-29-27(32)23-16-25(30-24-7-5-4-6-22(23)24)21-12-13-26(28-18-21)33-15-14-31(2)3/h4-7,12-13,16,18-20H,8-11,14-15,17H2,1-3H3,(H,29,32). The Hall–Kier alpha value is -2.99. The number of nitrogens with zero attached hydrogens (tertiary/aromatic N) is 3. The summed E-state index contributed by atoms with van der Waals surface area (Å²) in [5.74, 6) is 1.93. The van der Waals surface area contributed by atoms with Crippen LogP contribution in [-0.2, 0) is 0 Å². The monoisotopic (exact) mass is 446 g/mol. The van der Waals surface area contributed by atoms with E-state index in [9.17, 15) is 4.79 Å². The molecule has 174 valence electrons. The molecule has 33 heavy (non-hydrogen) atoms. The highest BCUT2D eigenvalue weighted by atomic mass is 16.5. The first-order valence-electron chi connectivity index (χ1n) is 11.9. The number of benzene rings is 1. The van der Waals surface area contributed by atoms with Gasteiger partial charge in [0.15, 0.2) is 0 Å². The van der Waals surface area contributed by atoms with Gasteiger partial charge in [-0.05, 0) is 57.0 Å². The third kappa shape index (κ3) is 6.08. The minimum absolute atomic E-state index is 0.0370. The van der Waals surface area contributed by atoms with E-state index in [2.05, 4.69) is 22.1 Å². The molecule has 0 radical (unpaired) electrons. The summed E-state index contributed by atoms with van der Waals surface area (Å²) in [5.41, 5.74) is 3.05. The Morgan fingerprint density at radius 1 is 1.12 bits per heavy atom. The van der Waals surface area contributed by atoms with Gasteiger partial charge in [0.25, 0.3) is 5.91 Å². The fourth-order valence-corrected chi connectivity index (χ4v) is 4.33. The molecule has 1 aliphatic rings. The molecule has 1 amide bonds. The number of ether oxygens (including phenoxy) is 1. The molecule has 6 heteroatoms. The Bertz CT molecular complexity index is 1070. The molecule has 3 aromatic rings. The van der Waals surface area contributed by atoms with Gasteiger partial charge in [0.05, 0.1) is 16.8 Å². The fourth-order valence-electron chi connectivity index (χ4n) is 4.33. The number of pyridine rings is 2. The lowest BCUT2D eigenvalue weighted by atomic mass is 9.83. The van der Waals surface area contributed by atoms with Crippen molar-refractivity contribution >= 4 is 16.8 Å². The van der Waals surface area contributed by atoms with E-state index in [1.54, 1.807) is 6.20 Å². The number of likely N-dealkylation sites (N-methyl/N-ethyl adjacent to an activating group) is 1. The summed E-state index contributed by atoms with van der Waals surface area (Å²) < 4.78 is 5.70. The van der Waals surface area contributed by atoms with Gasteiger partial charge >= 0.3 is 0 Å². The second kappa shape index (κ2) is 10.8. The molecule has 6 nitrogen and oxygen atoms in total. The molecule has 2 heterocycles. The Balaban J connectivity index is 1.52. The van der Waals surface area contributed by atoms with E-state index < -0.39 is 0 Å². The Kier molecular flexibility index (Phi) is 7.55. The number of hydrogen-bond donors (Lipinski definition) is 1. The first-order valence-corrected chi connectivity index (χ1v) is 11.9. The van der Waals surface area contributed by atoms with Crippen molar-refractivity contribution in [3.63, 3.8) is 0 Å². The number of carbonyl (C=O) groups excluding carboxylic acids is 1. The van der Waals surface area contributed by atoms with Crippen molar-refractivity contribution in [2.45, 2.75) is 32.6 Å². The van der Waals surface area contributed by atoms with Crippen LogP contribution < -0.4 is 10.1 Å². The maximum absolute atomic E-state index is 13.2. The largest absolute Gasteiger partial charge is 0.476 e. The Labute approximate surface area is 196 Å². The molecule has 0 aliphatic heterocycles. The van der Waals surface area contributed by atoms with E-state index in [0.29, 0.717) is 24.0 Å². The van der Waals surface area contributed by atoms with Crippen LogP contribution in [0.1, 0.15) is 43.0 Å². The van der Waals surface area contributed by atoms with Crippen LogP contribution >= 0.6 is 0 Å². The van der Waals surface area contributed by atoms with Gasteiger partial charge in [-0.3, -0.25) is 4.79 Å². The van der Waals surface area contributed by atoms with Crippen molar-refractivity contribution < 1.29 is 9.53 Å². The maximum atomic E-state index is 13.2. The average Bonchev–Trinajstić information content (AvgIpc) is 2.83. The zero-order chi connectivity index (χ0) is 23.2. The quantitative estimate of drug-likeness (QED) is 0.539. The average molecular weight is 447 g/mol. The number of hydrogen-bond acceptors (Lipinski definition) is 5. The van der Waals surface area contributed by atoms with E-state index in [4.69, 9.17) is 9.72 Å². The van der Waals surface area contributed by atoms with Gasteiger partial charge in [0.2, 0.25) is 5.88 Å². The summed E-state index contributed by atoms with van der Waals surface area (Å²) in [6.45, 7) is 4.46. The van der Waals surface area contributed by atoms with Crippen LogP contribution in [0.25, 0.3) is 22.2 Å². The number of amides is 1. The van der Waals surface area contributed by atoms with Gasteiger partial charge < -0.3 is 15.0 Å². The smallest absolute Gasteiger partial charge is 0.252 e. The maximum Gasteiger partial charge on any atom is 0.252 e. The van der Waals surface area contributed by atoms with Gasteiger partial charge in [0.1, 0.15) is 6.61 Å². The zero-order valence-electron chi connectivity index (χ0n) is 19.9. The highest BCUT2D eigenvalue weighted by Crippen LogP contribution is 2.28. The topological polar surface area (TPSA) is 67.3 Å². The molecular formula is C27H34N4O2. The summed E-state index contributed by atoms with van der Waals surface area (Å²) in [4.78, 5) is 24.5. The summed E-state index contributed by atoms with van der Waals surface area (Å²) in [5, 5.41) is 4.06. The SMILES string of the molecule is CC1CCC(CNC(=O)c2cc(-c3ccc(OCCN(C)C)nc3)nc3ccccc23)CC1. The fraction of sp³-hybridized carbons (Fsp3) is 0.444. The Morgan fingerprint density at radius 2 is 1.91 bits per heavy atom. The molecule has 0 unspecified atom stereocenters. The van der Waals surface area contributed by atoms with Crippen LogP contribution in [0.2, 0.25) is 0 Å². The minimum Gasteiger partial charge on any atom is -0.476 e. The first kappa shape index (κ1) is 23.2. The molecule has 0 spiro atoms. The van der Waals surface area contributed by atoms with Gasteiger partial charge in [-0.2, -0.15) is 0 Å². The molecule has 1 saturated carbocycles. The van der Waals surface area contributed by atoms with Gasteiger partial charge in [-0.1, -0.05) is 38.0 Å².